The Balaban J connectivity index is 1.65. The fraction of sp³-hybridized carbons (Fsp3) is 0.273. The van der Waals surface area contributed by atoms with E-state index < -0.39 is 0 Å². The molecule has 1 aromatic carbocycles. The highest BCUT2D eigenvalue weighted by atomic mass is 16.5. The van der Waals surface area contributed by atoms with Crippen LogP contribution in [0.25, 0.3) is 11.0 Å². The van der Waals surface area contributed by atoms with Gasteiger partial charge in [-0.25, -0.2) is 4.98 Å². The zero-order valence-electron chi connectivity index (χ0n) is 15.9. The van der Waals surface area contributed by atoms with Crippen LogP contribution < -0.4 is 10.5 Å². The van der Waals surface area contributed by atoms with Crippen molar-refractivity contribution in [3.8, 4) is 5.75 Å². The molecule has 144 valence electrons. The number of aromatic nitrogens is 3. The molecule has 2 heterocycles. The molecule has 3 N–H and O–H groups in total. The summed E-state index contributed by atoms with van der Waals surface area (Å²) in [5, 5.41) is 9.45. The van der Waals surface area contributed by atoms with Gasteiger partial charge < -0.3 is 20.1 Å². The van der Waals surface area contributed by atoms with Crippen LogP contribution in [0.15, 0.2) is 54.1 Å². The van der Waals surface area contributed by atoms with Crippen LogP contribution in [-0.2, 0) is 13.2 Å². The summed E-state index contributed by atoms with van der Waals surface area (Å²) in [6.45, 7) is 2.89. The standard InChI is InChI=1S/C22H24N4O2/c1-15-7-10-21(28-14-16-5-3-2-4-6-16)19(24-15)12-26-20-11-17(13-27)8-9-18(20)25-22(26)23/h3,5-11,27H,2,4,12-14H2,1H3,(H2,23,25). The number of ether oxygens (including phenoxy) is 1. The highest BCUT2D eigenvalue weighted by molar-refractivity contribution is 5.79. The third-order valence-electron chi connectivity index (χ3n) is 4.87. The van der Waals surface area contributed by atoms with E-state index in [4.69, 9.17) is 10.5 Å². The first-order chi connectivity index (χ1) is 13.6. The molecule has 0 unspecified atom stereocenters. The maximum atomic E-state index is 9.45. The average molecular weight is 376 g/mol. The smallest absolute Gasteiger partial charge is 0.201 e. The van der Waals surface area contributed by atoms with Gasteiger partial charge in [0.2, 0.25) is 5.95 Å². The fourth-order valence-electron chi connectivity index (χ4n) is 3.38. The Morgan fingerprint density at radius 2 is 2.07 bits per heavy atom. The van der Waals surface area contributed by atoms with E-state index in [1.165, 1.54) is 5.57 Å². The van der Waals surface area contributed by atoms with E-state index >= 15 is 0 Å². The number of nitrogen functional groups attached to an aromatic ring is 1. The van der Waals surface area contributed by atoms with E-state index in [1.54, 1.807) is 0 Å². The van der Waals surface area contributed by atoms with Crippen LogP contribution in [0.4, 0.5) is 5.95 Å². The minimum absolute atomic E-state index is 0.0271. The number of anilines is 1. The topological polar surface area (TPSA) is 86.2 Å². The van der Waals surface area contributed by atoms with Crippen LogP contribution in [0.5, 0.6) is 5.75 Å². The van der Waals surface area contributed by atoms with Crippen LogP contribution in [-0.4, -0.2) is 26.2 Å². The molecule has 0 saturated heterocycles. The summed E-state index contributed by atoms with van der Waals surface area (Å²) in [5.41, 5.74) is 11.6. The van der Waals surface area contributed by atoms with Gasteiger partial charge in [-0.15, -0.1) is 0 Å². The molecule has 0 saturated carbocycles. The van der Waals surface area contributed by atoms with Crippen molar-refractivity contribution in [3.63, 3.8) is 0 Å². The molecular weight excluding hydrogens is 352 g/mol. The highest BCUT2D eigenvalue weighted by Gasteiger charge is 2.14. The number of imidazole rings is 1. The first-order valence-electron chi connectivity index (χ1n) is 9.44. The summed E-state index contributed by atoms with van der Waals surface area (Å²) in [5.74, 6) is 1.15. The van der Waals surface area contributed by atoms with Gasteiger partial charge >= 0.3 is 0 Å². The summed E-state index contributed by atoms with van der Waals surface area (Å²) in [6.07, 6.45) is 8.63. The van der Waals surface area contributed by atoms with Gasteiger partial charge in [0.25, 0.3) is 0 Å². The molecule has 1 aliphatic carbocycles. The molecule has 0 aliphatic heterocycles. The van der Waals surface area contributed by atoms with Crippen molar-refractivity contribution in [1.82, 2.24) is 14.5 Å². The van der Waals surface area contributed by atoms with Crippen molar-refractivity contribution in [2.45, 2.75) is 32.9 Å². The summed E-state index contributed by atoms with van der Waals surface area (Å²) < 4.78 is 7.99. The number of pyridine rings is 1. The monoisotopic (exact) mass is 376 g/mol. The van der Waals surface area contributed by atoms with Crippen molar-refractivity contribution >= 4 is 17.0 Å². The number of aliphatic hydroxyl groups is 1. The number of nitrogens with two attached hydrogens (primary N) is 1. The van der Waals surface area contributed by atoms with Gasteiger partial charge in [-0.3, -0.25) is 4.98 Å². The normalized spacial score (nSPS) is 13.7. The summed E-state index contributed by atoms with van der Waals surface area (Å²) in [7, 11) is 0. The Morgan fingerprint density at radius 1 is 1.18 bits per heavy atom. The van der Waals surface area contributed by atoms with Crippen LogP contribution in [0.1, 0.15) is 29.8 Å². The number of aliphatic hydroxyl groups excluding tert-OH is 1. The second-order valence-corrected chi connectivity index (χ2v) is 6.98. The third kappa shape index (κ3) is 3.77. The second kappa shape index (κ2) is 7.86. The lowest BCUT2D eigenvalue weighted by atomic mass is 10.1. The van der Waals surface area contributed by atoms with Gasteiger partial charge in [0.05, 0.1) is 24.2 Å². The van der Waals surface area contributed by atoms with E-state index in [0.717, 1.165) is 46.6 Å². The van der Waals surface area contributed by atoms with E-state index in [2.05, 4.69) is 28.2 Å². The Morgan fingerprint density at radius 3 is 2.86 bits per heavy atom. The maximum Gasteiger partial charge on any atom is 0.201 e. The first-order valence-corrected chi connectivity index (χ1v) is 9.44. The Labute approximate surface area is 164 Å². The predicted octanol–water partition coefficient (Wildman–Crippen LogP) is 3.52. The Kier molecular flexibility index (Phi) is 5.12. The number of hydrogen-bond acceptors (Lipinski definition) is 5. The van der Waals surface area contributed by atoms with Gasteiger partial charge in [-0.2, -0.15) is 0 Å². The van der Waals surface area contributed by atoms with Gasteiger partial charge in [0.1, 0.15) is 18.1 Å². The molecule has 0 fully saturated rings. The first kappa shape index (κ1) is 18.3. The average Bonchev–Trinajstić information content (AvgIpc) is 3.02. The van der Waals surface area contributed by atoms with E-state index in [-0.39, 0.29) is 6.61 Å². The quantitative estimate of drug-likeness (QED) is 0.687. The second-order valence-electron chi connectivity index (χ2n) is 6.98. The molecule has 6 nitrogen and oxygen atoms in total. The molecule has 28 heavy (non-hydrogen) atoms. The zero-order valence-corrected chi connectivity index (χ0v) is 15.9. The molecular formula is C22H24N4O2. The number of allylic oxidation sites excluding steroid dienone is 2. The lowest BCUT2D eigenvalue weighted by Crippen LogP contribution is -2.10. The van der Waals surface area contributed by atoms with E-state index in [1.807, 2.05) is 41.8 Å². The van der Waals surface area contributed by atoms with Gasteiger partial charge in [0, 0.05) is 5.69 Å². The van der Waals surface area contributed by atoms with Crippen molar-refractivity contribution < 1.29 is 9.84 Å². The molecule has 0 radical (unpaired) electrons. The van der Waals surface area contributed by atoms with Gasteiger partial charge in [-0.1, -0.05) is 24.3 Å². The molecule has 0 amide bonds. The lowest BCUT2D eigenvalue weighted by Gasteiger charge is -2.14. The van der Waals surface area contributed by atoms with Gasteiger partial charge in [0.15, 0.2) is 0 Å². The molecule has 3 aromatic rings. The van der Waals surface area contributed by atoms with Crippen molar-refractivity contribution in [2.24, 2.45) is 0 Å². The Bertz CT molecular complexity index is 1070. The highest BCUT2D eigenvalue weighted by Crippen LogP contribution is 2.25. The molecule has 6 heteroatoms. The number of hydrogen-bond donors (Lipinski definition) is 2. The zero-order chi connectivity index (χ0) is 19.5. The molecule has 4 rings (SSSR count). The minimum Gasteiger partial charge on any atom is -0.487 e. The van der Waals surface area contributed by atoms with Crippen molar-refractivity contribution in [3.05, 3.63) is 71.1 Å². The van der Waals surface area contributed by atoms with Gasteiger partial charge in [-0.05, 0) is 55.2 Å². The minimum atomic E-state index is -0.0271. The molecule has 0 spiro atoms. The number of nitrogens with zero attached hydrogens (tertiary/aromatic N) is 3. The van der Waals surface area contributed by atoms with Crippen LogP contribution in [0.3, 0.4) is 0 Å². The van der Waals surface area contributed by atoms with E-state index in [0.29, 0.717) is 19.1 Å². The summed E-state index contributed by atoms with van der Waals surface area (Å²) >= 11 is 0. The fourth-order valence-corrected chi connectivity index (χ4v) is 3.38. The van der Waals surface area contributed by atoms with Crippen LogP contribution in [0.2, 0.25) is 0 Å². The van der Waals surface area contributed by atoms with Crippen molar-refractivity contribution in [2.75, 3.05) is 12.3 Å². The predicted molar refractivity (Wildman–Crippen MR) is 110 cm³/mol. The largest absolute Gasteiger partial charge is 0.487 e. The lowest BCUT2D eigenvalue weighted by molar-refractivity contribution is 0.282. The third-order valence-corrected chi connectivity index (χ3v) is 4.87. The SMILES string of the molecule is Cc1ccc(OCC2=CCCC=C2)c(Cn2c(N)nc3ccc(CO)cc32)n1. The maximum absolute atomic E-state index is 9.45. The number of aryl methyl sites for hydroxylation is 1. The molecule has 0 bridgehead atoms. The molecule has 2 aromatic heterocycles. The molecule has 1 aliphatic rings. The summed E-state index contributed by atoms with van der Waals surface area (Å²) in [4.78, 5) is 9.11. The number of benzene rings is 1. The molecule has 0 atom stereocenters. The Hall–Kier alpha value is -3.12. The van der Waals surface area contributed by atoms with Crippen LogP contribution >= 0.6 is 0 Å². The van der Waals surface area contributed by atoms with Crippen molar-refractivity contribution in [1.29, 1.82) is 0 Å². The van der Waals surface area contributed by atoms with Crippen LogP contribution in [0, 0.1) is 6.92 Å². The summed E-state index contributed by atoms with van der Waals surface area (Å²) in [6, 6.07) is 9.54. The van der Waals surface area contributed by atoms with E-state index in [9.17, 15) is 5.11 Å². The number of fused-ring (bicyclic) bond motifs is 1. The number of rotatable bonds is 6.